The molecule has 5 nitrogen and oxygen atoms in total. The van der Waals surface area contributed by atoms with Gasteiger partial charge < -0.3 is 20.1 Å². The molecule has 7 heteroatoms. The fourth-order valence-corrected chi connectivity index (χ4v) is 4.67. The van der Waals surface area contributed by atoms with E-state index in [-0.39, 0.29) is 11.4 Å². The minimum atomic E-state index is -0.199. The quantitative estimate of drug-likeness (QED) is 0.412. The monoisotopic (exact) mass is 510 g/mol. The fourth-order valence-electron chi connectivity index (χ4n) is 2.84. The summed E-state index contributed by atoms with van der Waals surface area (Å²) in [6.07, 6.45) is 2.89. The van der Waals surface area contributed by atoms with E-state index < -0.39 is 0 Å². The number of aryl methyl sites for hydroxylation is 1. The summed E-state index contributed by atoms with van der Waals surface area (Å²) in [6, 6.07) is 12.1. The number of hydrogen-bond donors (Lipinski definition) is 2. The zero-order valence-corrected chi connectivity index (χ0v) is 19.0. The first-order valence-corrected chi connectivity index (χ1v) is 11.0. The Morgan fingerprint density at radius 1 is 1.25 bits per heavy atom. The Labute approximate surface area is 183 Å². The van der Waals surface area contributed by atoms with Crippen LogP contribution >= 0.6 is 34.4 Å². The molecular formula is C21H23IN2O3S. The lowest BCUT2D eigenvalue weighted by atomic mass is 10.1. The minimum Gasteiger partial charge on any atom is -0.492 e. The first-order valence-electron chi connectivity index (χ1n) is 9.09. The summed E-state index contributed by atoms with van der Waals surface area (Å²) in [7, 11) is 1.63. The van der Waals surface area contributed by atoms with Crippen molar-refractivity contribution in [3.8, 4) is 11.5 Å². The molecule has 1 aliphatic heterocycles. The molecule has 0 saturated carbocycles. The van der Waals surface area contributed by atoms with Gasteiger partial charge in [-0.2, -0.15) is 0 Å². The van der Waals surface area contributed by atoms with E-state index in [4.69, 9.17) is 9.47 Å². The van der Waals surface area contributed by atoms with E-state index in [1.54, 1.807) is 7.11 Å². The van der Waals surface area contributed by atoms with Gasteiger partial charge in [0.1, 0.15) is 0 Å². The highest BCUT2D eigenvalue weighted by Gasteiger charge is 2.27. The summed E-state index contributed by atoms with van der Waals surface area (Å²) in [4.78, 5) is 13.1. The molecule has 1 heterocycles. The van der Waals surface area contributed by atoms with E-state index in [1.165, 1.54) is 17.3 Å². The lowest BCUT2D eigenvalue weighted by Crippen LogP contribution is -2.30. The first-order chi connectivity index (χ1) is 13.5. The predicted octanol–water partition coefficient (Wildman–Crippen LogP) is 4.86. The van der Waals surface area contributed by atoms with E-state index in [0.29, 0.717) is 23.0 Å². The lowest BCUT2D eigenvalue weighted by Gasteiger charge is -2.13. The molecule has 0 spiro atoms. The van der Waals surface area contributed by atoms with Gasteiger partial charge in [-0.25, -0.2) is 0 Å². The SMILES string of the molecule is CCOc1cc(/C=C2\S[C@H](Nc3ccc(CC)cc3)NC2=O)cc(I)c1OC. The normalized spacial score (nSPS) is 17.5. The van der Waals surface area contributed by atoms with Crippen LogP contribution in [0.5, 0.6) is 11.5 Å². The molecule has 0 aromatic heterocycles. The van der Waals surface area contributed by atoms with Crippen LogP contribution in [0.1, 0.15) is 25.0 Å². The summed E-state index contributed by atoms with van der Waals surface area (Å²) < 4.78 is 12.0. The predicted molar refractivity (Wildman–Crippen MR) is 124 cm³/mol. The van der Waals surface area contributed by atoms with Crippen molar-refractivity contribution in [2.24, 2.45) is 0 Å². The maximum atomic E-state index is 12.4. The topological polar surface area (TPSA) is 59.6 Å². The zero-order chi connectivity index (χ0) is 20.1. The Morgan fingerprint density at radius 2 is 2.00 bits per heavy atom. The van der Waals surface area contributed by atoms with Crippen molar-refractivity contribution < 1.29 is 14.3 Å². The van der Waals surface area contributed by atoms with Crippen LogP contribution in [0.15, 0.2) is 41.3 Å². The van der Waals surface area contributed by atoms with E-state index in [1.807, 2.05) is 37.3 Å². The molecule has 2 N–H and O–H groups in total. The minimum absolute atomic E-state index is 0.0866. The largest absolute Gasteiger partial charge is 0.492 e. The number of methoxy groups -OCH3 is 1. The number of carbonyl (C=O) groups excluding carboxylic acids is 1. The van der Waals surface area contributed by atoms with Crippen molar-refractivity contribution in [1.29, 1.82) is 0 Å². The second kappa shape index (κ2) is 9.56. The number of anilines is 1. The molecule has 0 bridgehead atoms. The molecule has 2 aromatic carbocycles. The second-order valence-corrected chi connectivity index (χ2v) is 8.45. The average Bonchev–Trinajstić information content (AvgIpc) is 3.01. The molecule has 0 unspecified atom stereocenters. The summed E-state index contributed by atoms with van der Waals surface area (Å²) in [6.45, 7) is 4.61. The van der Waals surface area contributed by atoms with E-state index in [9.17, 15) is 4.79 Å². The van der Waals surface area contributed by atoms with Crippen LogP contribution < -0.4 is 20.1 Å². The number of benzene rings is 2. The number of rotatable bonds is 7. The Morgan fingerprint density at radius 3 is 2.64 bits per heavy atom. The highest BCUT2D eigenvalue weighted by Crippen LogP contribution is 2.36. The molecule has 1 atom stereocenters. The van der Waals surface area contributed by atoms with Gasteiger partial charge in [-0.15, -0.1) is 0 Å². The molecule has 1 aliphatic rings. The van der Waals surface area contributed by atoms with Gasteiger partial charge in [0.2, 0.25) is 0 Å². The summed E-state index contributed by atoms with van der Waals surface area (Å²) in [5.41, 5.74) is 2.97. The van der Waals surface area contributed by atoms with Gasteiger partial charge in [0, 0.05) is 5.69 Å². The number of carbonyl (C=O) groups is 1. The Bertz CT molecular complexity index is 884. The van der Waals surface area contributed by atoms with Gasteiger partial charge in [-0.05, 0) is 77.4 Å². The highest BCUT2D eigenvalue weighted by molar-refractivity contribution is 14.1. The summed E-state index contributed by atoms with van der Waals surface area (Å²) in [5.74, 6) is 1.30. The number of thioether (sulfide) groups is 1. The van der Waals surface area contributed by atoms with Crippen molar-refractivity contribution in [2.75, 3.05) is 19.0 Å². The van der Waals surface area contributed by atoms with Crippen LogP contribution in [0.25, 0.3) is 6.08 Å². The van der Waals surface area contributed by atoms with Crippen molar-refractivity contribution >= 4 is 52.0 Å². The second-order valence-electron chi connectivity index (χ2n) is 6.14. The van der Waals surface area contributed by atoms with Crippen LogP contribution in [0.2, 0.25) is 0 Å². The summed E-state index contributed by atoms with van der Waals surface area (Å²) >= 11 is 3.68. The molecule has 2 aromatic rings. The van der Waals surface area contributed by atoms with Gasteiger partial charge in [-0.3, -0.25) is 4.79 Å². The van der Waals surface area contributed by atoms with Gasteiger partial charge in [0.15, 0.2) is 17.0 Å². The number of halogens is 1. The number of amides is 1. The van der Waals surface area contributed by atoms with E-state index >= 15 is 0 Å². The third-order valence-corrected chi connectivity index (χ3v) is 6.05. The number of nitrogens with one attached hydrogen (secondary N) is 2. The maximum absolute atomic E-state index is 12.4. The van der Waals surface area contributed by atoms with Crippen molar-refractivity contribution in [3.63, 3.8) is 0 Å². The first kappa shape index (κ1) is 20.9. The smallest absolute Gasteiger partial charge is 0.260 e. The fraction of sp³-hybridized carbons (Fsp3) is 0.286. The molecule has 1 amide bonds. The van der Waals surface area contributed by atoms with Gasteiger partial charge in [0.05, 0.1) is 22.2 Å². The molecule has 3 rings (SSSR count). The van der Waals surface area contributed by atoms with Crippen molar-refractivity contribution in [1.82, 2.24) is 5.32 Å². The van der Waals surface area contributed by atoms with Crippen LogP contribution in [0.3, 0.4) is 0 Å². The standard InChI is InChI=1S/C21H23IN2O3S/c1-4-13-6-8-15(9-7-13)23-21-24-20(25)18(28-21)12-14-10-16(22)19(26-3)17(11-14)27-5-2/h6-12,21,23H,4-5H2,1-3H3,(H,24,25)/b18-12-/t21-/m1/s1. The Balaban J connectivity index is 1.76. The van der Waals surface area contributed by atoms with Crippen LogP contribution in [-0.2, 0) is 11.2 Å². The van der Waals surface area contributed by atoms with E-state index in [2.05, 4.69) is 52.3 Å². The third-order valence-electron chi connectivity index (χ3n) is 4.22. The molecule has 0 radical (unpaired) electrons. The number of ether oxygens (including phenoxy) is 2. The lowest BCUT2D eigenvalue weighted by molar-refractivity contribution is -0.116. The number of hydrogen-bond acceptors (Lipinski definition) is 5. The van der Waals surface area contributed by atoms with Crippen LogP contribution in [-0.4, -0.2) is 25.1 Å². The average molecular weight is 510 g/mol. The van der Waals surface area contributed by atoms with E-state index in [0.717, 1.165) is 21.2 Å². The van der Waals surface area contributed by atoms with Gasteiger partial charge >= 0.3 is 0 Å². The van der Waals surface area contributed by atoms with Gasteiger partial charge in [-0.1, -0.05) is 30.8 Å². The third kappa shape index (κ3) is 4.94. The molecule has 28 heavy (non-hydrogen) atoms. The molecular weight excluding hydrogens is 487 g/mol. The Hall–Kier alpha value is -1.87. The molecule has 1 saturated heterocycles. The van der Waals surface area contributed by atoms with Crippen molar-refractivity contribution in [3.05, 3.63) is 56.0 Å². The van der Waals surface area contributed by atoms with Crippen LogP contribution in [0, 0.1) is 3.57 Å². The van der Waals surface area contributed by atoms with Crippen molar-refractivity contribution in [2.45, 2.75) is 25.8 Å². The highest BCUT2D eigenvalue weighted by atomic mass is 127. The zero-order valence-electron chi connectivity index (χ0n) is 16.0. The molecule has 1 fully saturated rings. The Kier molecular flexibility index (Phi) is 7.12. The molecule has 0 aliphatic carbocycles. The molecule has 148 valence electrons. The van der Waals surface area contributed by atoms with Gasteiger partial charge in [0.25, 0.3) is 5.91 Å². The maximum Gasteiger partial charge on any atom is 0.260 e. The summed E-state index contributed by atoms with van der Waals surface area (Å²) in [5, 5.41) is 6.31. The van der Waals surface area contributed by atoms with Crippen LogP contribution in [0.4, 0.5) is 5.69 Å².